The second-order valence-corrected chi connectivity index (χ2v) is 5.86. The molecule has 0 bridgehead atoms. The summed E-state index contributed by atoms with van der Waals surface area (Å²) in [6.45, 7) is 0.360. The summed E-state index contributed by atoms with van der Waals surface area (Å²) in [5, 5.41) is 13.3. The Balaban J connectivity index is 1.52. The average Bonchev–Trinajstić information content (AvgIpc) is 3.11. The summed E-state index contributed by atoms with van der Waals surface area (Å²) >= 11 is 0. The third-order valence-corrected chi connectivity index (χ3v) is 4.10. The molecule has 1 fully saturated rings. The van der Waals surface area contributed by atoms with Gasteiger partial charge >= 0.3 is 11.9 Å². The smallest absolute Gasteiger partial charge is 0.433 e. The van der Waals surface area contributed by atoms with Gasteiger partial charge in [0.2, 0.25) is 5.91 Å². The van der Waals surface area contributed by atoms with Crippen molar-refractivity contribution in [2.45, 2.75) is 0 Å². The lowest BCUT2D eigenvalue weighted by atomic mass is 9.98. The fourth-order valence-corrected chi connectivity index (χ4v) is 2.56. The van der Waals surface area contributed by atoms with E-state index in [1.54, 1.807) is 12.1 Å². The lowest BCUT2D eigenvalue weighted by molar-refractivity contribution is -0.402. The Morgan fingerprint density at radius 1 is 1.19 bits per heavy atom. The molecule has 1 aliphatic rings. The van der Waals surface area contributed by atoms with Crippen LogP contribution in [0.5, 0.6) is 0 Å². The summed E-state index contributed by atoms with van der Waals surface area (Å²) in [5.74, 6) is -2.30. The van der Waals surface area contributed by atoms with Gasteiger partial charge in [-0.25, -0.2) is 4.79 Å². The quantitative estimate of drug-likeness (QED) is 0.479. The van der Waals surface area contributed by atoms with Crippen LogP contribution in [0, 0.1) is 16.0 Å². The molecular formula is C17H15N3O7. The third kappa shape index (κ3) is 3.78. The van der Waals surface area contributed by atoms with Crippen molar-refractivity contribution in [3.05, 3.63) is 57.8 Å². The molecule has 0 saturated carbocycles. The first kappa shape index (κ1) is 18.1. The zero-order valence-electron chi connectivity index (χ0n) is 14.2. The van der Waals surface area contributed by atoms with Crippen LogP contribution in [-0.2, 0) is 9.53 Å². The summed E-state index contributed by atoms with van der Waals surface area (Å²) in [4.78, 5) is 47.0. The fraction of sp³-hybridized carbons (Fsp3) is 0.235. The number of hydrogen-bond donors (Lipinski definition) is 1. The number of likely N-dealkylation sites (tertiary alicyclic amines) is 1. The Labute approximate surface area is 152 Å². The van der Waals surface area contributed by atoms with Gasteiger partial charge in [0, 0.05) is 18.8 Å². The van der Waals surface area contributed by atoms with Gasteiger partial charge in [0.1, 0.15) is 4.92 Å². The average molecular weight is 373 g/mol. The number of carbonyl (C=O) groups is 3. The molecule has 10 nitrogen and oxygen atoms in total. The second kappa shape index (κ2) is 7.28. The van der Waals surface area contributed by atoms with Gasteiger partial charge in [-0.05, 0) is 30.3 Å². The van der Waals surface area contributed by atoms with E-state index in [-0.39, 0.29) is 24.8 Å². The predicted molar refractivity (Wildman–Crippen MR) is 91.2 cm³/mol. The number of hydrogen-bond acceptors (Lipinski definition) is 7. The van der Waals surface area contributed by atoms with Crippen molar-refractivity contribution in [3.8, 4) is 0 Å². The molecule has 2 aromatic rings. The van der Waals surface area contributed by atoms with E-state index in [4.69, 9.17) is 4.42 Å². The predicted octanol–water partition coefficient (Wildman–Crippen LogP) is 1.69. The number of amides is 2. The third-order valence-electron chi connectivity index (χ3n) is 4.10. The van der Waals surface area contributed by atoms with E-state index in [2.05, 4.69) is 10.1 Å². The van der Waals surface area contributed by atoms with Crippen LogP contribution >= 0.6 is 0 Å². The normalized spacial score (nSPS) is 13.6. The van der Waals surface area contributed by atoms with Crippen LogP contribution in [0.4, 0.5) is 11.6 Å². The zero-order valence-corrected chi connectivity index (χ0v) is 14.2. The number of rotatable bonds is 5. The molecule has 3 rings (SSSR count). The molecule has 0 radical (unpaired) electrons. The van der Waals surface area contributed by atoms with Gasteiger partial charge in [-0.2, -0.15) is 0 Å². The zero-order chi connectivity index (χ0) is 19.6. The highest BCUT2D eigenvalue weighted by Crippen LogP contribution is 2.23. The first-order valence-corrected chi connectivity index (χ1v) is 7.92. The minimum absolute atomic E-state index is 0.140. The number of ether oxygens (including phenoxy) is 1. The molecule has 2 amide bonds. The van der Waals surface area contributed by atoms with Gasteiger partial charge in [-0.1, -0.05) is 0 Å². The van der Waals surface area contributed by atoms with E-state index in [1.165, 1.54) is 30.2 Å². The number of benzene rings is 1. The molecule has 0 atom stereocenters. The van der Waals surface area contributed by atoms with E-state index in [0.29, 0.717) is 11.3 Å². The van der Waals surface area contributed by atoms with E-state index in [0.717, 1.165) is 6.07 Å². The maximum Gasteiger partial charge on any atom is 0.433 e. The number of anilines is 1. The number of esters is 1. The van der Waals surface area contributed by atoms with Crippen molar-refractivity contribution in [2.24, 2.45) is 5.92 Å². The van der Waals surface area contributed by atoms with Crippen molar-refractivity contribution < 1.29 is 28.5 Å². The highest BCUT2D eigenvalue weighted by molar-refractivity contribution is 5.98. The lowest BCUT2D eigenvalue weighted by Gasteiger charge is -2.37. The maximum atomic E-state index is 12.2. The standard InChI is InChI=1S/C17H15N3O7/c1-26-17(23)10-2-4-12(5-3-10)18-15(21)11-8-19(9-11)16(22)13-6-7-14(27-13)20(24)25/h2-7,11H,8-9H2,1H3,(H,18,21). The van der Waals surface area contributed by atoms with Gasteiger partial charge in [-0.3, -0.25) is 19.7 Å². The molecule has 2 heterocycles. The Bertz CT molecular complexity index is 898. The minimum Gasteiger partial charge on any atom is -0.465 e. The monoisotopic (exact) mass is 373 g/mol. The Morgan fingerprint density at radius 2 is 1.85 bits per heavy atom. The van der Waals surface area contributed by atoms with Crippen LogP contribution in [0.15, 0.2) is 40.8 Å². The molecule has 1 N–H and O–H groups in total. The molecule has 1 aromatic carbocycles. The molecule has 10 heteroatoms. The fourth-order valence-electron chi connectivity index (χ4n) is 2.56. The van der Waals surface area contributed by atoms with Crippen LogP contribution in [0.2, 0.25) is 0 Å². The van der Waals surface area contributed by atoms with E-state index < -0.39 is 28.6 Å². The van der Waals surface area contributed by atoms with Crippen molar-refractivity contribution >= 4 is 29.4 Å². The van der Waals surface area contributed by atoms with E-state index in [1.807, 2.05) is 0 Å². The highest BCUT2D eigenvalue weighted by Gasteiger charge is 2.37. The first-order chi connectivity index (χ1) is 12.9. The molecule has 0 spiro atoms. The molecular weight excluding hydrogens is 358 g/mol. The number of carbonyl (C=O) groups excluding carboxylic acids is 3. The Kier molecular flexibility index (Phi) is 4.88. The molecule has 0 aliphatic carbocycles. The van der Waals surface area contributed by atoms with Gasteiger partial charge in [0.05, 0.1) is 24.7 Å². The van der Waals surface area contributed by atoms with Gasteiger partial charge in [0.25, 0.3) is 5.91 Å². The number of nitrogens with one attached hydrogen (secondary N) is 1. The van der Waals surface area contributed by atoms with Gasteiger partial charge < -0.3 is 19.4 Å². The number of nitrogens with zero attached hydrogens (tertiary/aromatic N) is 2. The van der Waals surface area contributed by atoms with Crippen LogP contribution in [-0.4, -0.2) is 47.8 Å². The minimum atomic E-state index is -0.728. The largest absolute Gasteiger partial charge is 0.465 e. The summed E-state index contributed by atoms with van der Waals surface area (Å²) in [5.41, 5.74) is 0.877. The number of furan rings is 1. The van der Waals surface area contributed by atoms with Crippen molar-refractivity contribution in [1.29, 1.82) is 0 Å². The molecule has 140 valence electrons. The molecule has 1 saturated heterocycles. The van der Waals surface area contributed by atoms with Crippen molar-refractivity contribution in [2.75, 3.05) is 25.5 Å². The van der Waals surface area contributed by atoms with Crippen LogP contribution < -0.4 is 5.32 Å². The topological polar surface area (TPSA) is 132 Å². The summed E-state index contributed by atoms with van der Waals surface area (Å²) in [6, 6.07) is 8.55. The van der Waals surface area contributed by atoms with E-state index in [9.17, 15) is 24.5 Å². The summed E-state index contributed by atoms with van der Waals surface area (Å²) in [6.07, 6.45) is 0. The molecule has 27 heavy (non-hydrogen) atoms. The van der Waals surface area contributed by atoms with Gasteiger partial charge in [0.15, 0.2) is 5.76 Å². The number of nitro groups is 1. The van der Waals surface area contributed by atoms with Crippen LogP contribution in [0.1, 0.15) is 20.9 Å². The van der Waals surface area contributed by atoms with Crippen LogP contribution in [0.25, 0.3) is 0 Å². The first-order valence-electron chi connectivity index (χ1n) is 7.92. The molecule has 1 aromatic heterocycles. The Hall–Kier alpha value is -3.69. The van der Waals surface area contributed by atoms with Crippen molar-refractivity contribution in [3.63, 3.8) is 0 Å². The summed E-state index contributed by atoms with van der Waals surface area (Å²) in [7, 11) is 1.28. The molecule has 1 aliphatic heterocycles. The van der Waals surface area contributed by atoms with Crippen molar-refractivity contribution in [1.82, 2.24) is 4.90 Å². The highest BCUT2D eigenvalue weighted by atomic mass is 16.6. The van der Waals surface area contributed by atoms with E-state index >= 15 is 0 Å². The summed E-state index contributed by atoms with van der Waals surface area (Å²) < 4.78 is 9.46. The van der Waals surface area contributed by atoms with Crippen LogP contribution in [0.3, 0.4) is 0 Å². The Morgan fingerprint density at radius 3 is 2.41 bits per heavy atom. The second-order valence-electron chi connectivity index (χ2n) is 5.86. The lowest BCUT2D eigenvalue weighted by Crippen LogP contribution is -2.54. The maximum absolute atomic E-state index is 12.2. The molecule has 0 unspecified atom stereocenters. The van der Waals surface area contributed by atoms with Gasteiger partial charge in [-0.15, -0.1) is 0 Å². The SMILES string of the molecule is COC(=O)c1ccc(NC(=O)C2CN(C(=O)c3ccc([N+](=O)[O-])o3)C2)cc1. The number of methoxy groups -OCH3 is 1.